The second kappa shape index (κ2) is 11.1. The van der Waals surface area contributed by atoms with Gasteiger partial charge >= 0.3 is 0 Å². The number of nitrogens with one attached hydrogen (secondary N) is 1. The molecule has 0 aliphatic rings. The van der Waals surface area contributed by atoms with Crippen LogP contribution >= 0.6 is 11.8 Å². The van der Waals surface area contributed by atoms with Gasteiger partial charge in [0.25, 0.3) is 0 Å². The zero-order valence-corrected chi connectivity index (χ0v) is 18.9. The normalized spacial score (nSPS) is 10.2. The lowest BCUT2D eigenvalue weighted by molar-refractivity contribution is -0.115. The summed E-state index contributed by atoms with van der Waals surface area (Å²) in [5.41, 5.74) is 2.72. The highest BCUT2D eigenvalue weighted by molar-refractivity contribution is 7.99. The second-order valence-electron chi connectivity index (χ2n) is 6.60. The van der Waals surface area contributed by atoms with Gasteiger partial charge in [-0.2, -0.15) is 5.26 Å². The first kappa shape index (κ1) is 23.0. The van der Waals surface area contributed by atoms with Gasteiger partial charge in [0.05, 0.1) is 38.3 Å². The molecular weight excluding hydrogens is 426 g/mol. The number of hydrogen-bond donors (Lipinski definition) is 1. The molecule has 1 aromatic heterocycles. The molecule has 3 aromatic rings. The van der Waals surface area contributed by atoms with Crippen molar-refractivity contribution in [2.45, 2.75) is 11.4 Å². The molecular formula is C24H23N3O4S. The van der Waals surface area contributed by atoms with E-state index >= 15 is 0 Å². The van der Waals surface area contributed by atoms with Crippen LogP contribution in [-0.2, 0) is 4.79 Å². The standard InChI is InChI=1S/C24H23N3O4S/c1-29-18-7-4-16(5-8-18)20-10-6-17(15-25)24(27-20)32-13-12-23(28)26-21-11-9-19(30-2)14-22(21)31-3/h4-11,14H,12-13H2,1-3H3,(H,26,28). The van der Waals surface area contributed by atoms with E-state index in [1.807, 2.05) is 30.3 Å². The topological polar surface area (TPSA) is 93.5 Å². The monoisotopic (exact) mass is 449 g/mol. The molecule has 0 spiro atoms. The predicted molar refractivity (Wildman–Crippen MR) is 124 cm³/mol. The Hall–Kier alpha value is -3.70. The van der Waals surface area contributed by atoms with Crippen LogP contribution in [0.5, 0.6) is 17.2 Å². The number of ether oxygens (including phenoxy) is 3. The summed E-state index contributed by atoms with van der Waals surface area (Å²) in [4.78, 5) is 17.1. The Morgan fingerprint density at radius 3 is 2.38 bits per heavy atom. The molecule has 0 bridgehead atoms. The van der Waals surface area contributed by atoms with Gasteiger partial charge in [-0.25, -0.2) is 4.98 Å². The van der Waals surface area contributed by atoms with E-state index in [0.717, 1.165) is 17.0 Å². The van der Waals surface area contributed by atoms with Crippen LogP contribution in [0.4, 0.5) is 5.69 Å². The number of thioether (sulfide) groups is 1. The first-order valence-corrected chi connectivity index (χ1v) is 10.8. The van der Waals surface area contributed by atoms with Gasteiger partial charge in [-0.1, -0.05) is 0 Å². The molecule has 32 heavy (non-hydrogen) atoms. The number of carbonyl (C=O) groups excluding carboxylic acids is 1. The minimum atomic E-state index is -0.161. The van der Waals surface area contributed by atoms with Gasteiger partial charge in [0.15, 0.2) is 0 Å². The molecule has 0 radical (unpaired) electrons. The zero-order valence-electron chi connectivity index (χ0n) is 18.0. The number of rotatable bonds is 9. The molecule has 0 unspecified atom stereocenters. The summed E-state index contributed by atoms with van der Waals surface area (Å²) in [5.74, 6) is 2.23. The molecule has 0 saturated heterocycles. The van der Waals surface area contributed by atoms with Crippen LogP contribution < -0.4 is 19.5 Å². The summed E-state index contributed by atoms with van der Waals surface area (Å²) >= 11 is 1.37. The van der Waals surface area contributed by atoms with E-state index in [1.165, 1.54) is 18.9 Å². The summed E-state index contributed by atoms with van der Waals surface area (Å²) in [6.07, 6.45) is 0.249. The summed E-state index contributed by atoms with van der Waals surface area (Å²) in [5, 5.41) is 12.9. The summed E-state index contributed by atoms with van der Waals surface area (Å²) < 4.78 is 15.7. The first-order chi connectivity index (χ1) is 15.6. The van der Waals surface area contributed by atoms with E-state index in [9.17, 15) is 10.1 Å². The lowest BCUT2D eigenvalue weighted by Crippen LogP contribution is -2.13. The third-order valence-corrected chi connectivity index (χ3v) is 5.61. The molecule has 0 aliphatic carbocycles. The molecule has 3 rings (SSSR count). The van der Waals surface area contributed by atoms with Crippen molar-refractivity contribution in [1.82, 2.24) is 4.98 Å². The molecule has 164 valence electrons. The summed E-state index contributed by atoms with van der Waals surface area (Å²) in [6.45, 7) is 0. The first-order valence-electron chi connectivity index (χ1n) is 9.78. The van der Waals surface area contributed by atoms with E-state index < -0.39 is 0 Å². The van der Waals surface area contributed by atoms with Gasteiger partial charge < -0.3 is 19.5 Å². The van der Waals surface area contributed by atoms with E-state index in [2.05, 4.69) is 16.4 Å². The average Bonchev–Trinajstić information content (AvgIpc) is 2.84. The quantitative estimate of drug-likeness (QED) is 0.471. The van der Waals surface area contributed by atoms with E-state index in [0.29, 0.717) is 33.5 Å². The Bertz CT molecular complexity index is 1130. The van der Waals surface area contributed by atoms with Crippen LogP contribution in [0, 0.1) is 11.3 Å². The fraction of sp³-hybridized carbons (Fsp3) is 0.208. The number of nitriles is 1. The lowest BCUT2D eigenvalue weighted by atomic mass is 10.1. The minimum absolute atomic E-state index is 0.161. The van der Waals surface area contributed by atoms with Gasteiger partial charge in [-0.3, -0.25) is 4.79 Å². The van der Waals surface area contributed by atoms with E-state index in [4.69, 9.17) is 14.2 Å². The maximum absolute atomic E-state index is 12.4. The molecule has 8 heteroatoms. The SMILES string of the molecule is COc1ccc(-c2ccc(C#N)c(SCCC(=O)Nc3ccc(OC)cc3OC)n2)cc1. The van der Waals surface area contributed by atoms with Crippen molar-refractivity contribution in [3.05, 3.63) is 60.2 Å². The lowest BCUT2D eigenvalue weighted by Gasteiger charge is -2.12. The number of aromatic nitrogens is 1. The second-order valence-corrected chi connectivity index (χ2v) is 7.69. The van der Waals surface area contributed by atoms with Gasteiger partial charge in [0.1, 0.15) is 28.3 Å². The number of hydrogen-bond acceptors (Lipinski definition) is 7. The van der Waals surface area contributed by atoms with Crippen molar-refractivity contribution in [2.24, 2.45) is 0 Å². The van der Waals surface area contributed by atoms with Gasteiger partial charge in [0.2, 0.25) is 5.91 Å². The number of benzene rings is 2. The Morgan fingerprint density at radius 1 is 1.00 bits per heavy atom. The fourth-order valence-electron chi connectivity index (χ4n) is 2.91. The van der Waals surface area contributed by atoms with Crippen LogP contribution in [-0.4, -0.2) is 38.0 Å². The van der Waals surface area contributed by atoms with Gasteiger partial charge in [0, 0.05) is 23.8 Å². The number of carbonyl (C=O) groups is 1. The number of nitrogens with zero attached hydrogens (tertiary/aromatic N) is 2. The highest BCUT2D eigenvalue weighted by Gasteiger charge is 2.12. The fourth-order valence-corrected chi connectivity index (χ4v) is 3.83. The molecule has 0 fully saturated rings. The number of amides is 1. The Labute approximate surface area is 191 Å². The zero-order chi connectivity index (χ0) is 22.9. The number of pyridine rings is 1. The van der Waals surface area contributed by atoms with E-state index in [1.54, 1.807) is 38.5 Å². The Morgan fingerprint density at radius 2 is 1.72 bits per heavy atom. The maximum Gasteiger partial charge on any atom is 0.225 e. The minimum Gasteiger partial charge on any atom is -0.497 e. The van der Waals surface area contributed by atoms with Crippen LogP contribution in [0.15, 0.2) is 59.6 Å². The molecule has 0 saturated carbocycles. The molecule has 0 atom stereocenters. The van der Waals surface area contributed by atoms with Crippen LogP contribution in [0.2, 0.25) is 0 Å². The Balaban J connectivity index is 1.64. The largest absolute Gasteiger partial charge is 0.497 e. The van der Waals surface area contributed by atoms with Crippen LogP contribution in [0.25, 0.3) is 11.3 Å². The highest BCUT2D eigenvalue weighted by Crippen LogP contribution is 2.30. The third kappa shape index (κ3) is 5.71. The van der Waals surface area contributed by atoms with Gasteiger partial charge in [-0.15, -0.1) is 11.8 Å². The predicted octanol–water partition coefficient (Wildman–Crippen LogP) is 4.77. The Kier molecular flexibility index (Phi) is 7.95. The maximum atomic E-state index is 12.4. The van der Waals surface area contributed by atoms with Gasteiger partial charge in [-0.05, 0) is 48.5 Å². The molecule has 2 aromatic carbocycles. The molecule has 0 aliphatic heterocycles. The van der Waals surface area contributed by atoms with Crippen molar-refractivity contribution in [2.75, 3.05) is 32.4 Å². The van der Waals surface area contributed by atoms with Crippen molar-refractivity contribution < 1.29 is 19.0 Å². The molecule has 1 heterocycles. The number of methoxy groups -OCH3 is 3. The number of anilines is 1. The summed E-state index contributed by atoms with van der Waals surface area (Å²) in [7, 11) is 4.72. The highest BCUT2D eigenvalue weighted by atomic mass is 32.2. The molecule has 1 N–H and O–H groups in total. The van der Waals surface area contributed by atoms with Crippen molar-refractivity contribution in [1.29, 1.82) is 5.26 Å². The van der Waals surface area contributed by atoms with Crippen molar-refractivity contribution in [3.63, 3.8) is 0 Å². The van der Waals surface area contributed by atoms with Crippen molar-refractivity contribution >= 4 is 23.4 Å². The smallest absolute Gasteiger partial charge is 0.225 e. The molecule has 7 nitrogen and oxygen atoms in total. The van der Waals surface area contributed by atoms with E-state index in [-0.39, 0.29) is 12.3 Å². The van der Waals surface area contributed by atoms with Crippen LogP contribution in [0.1, 0.15) is 12.0 Å². The van der Waals surface area contributed by atoms with Crippen molar-refractivity contribution in [3.8, 4) is 34.6 Å². The van der Waals surface area contributed by atoms with Crippen LogP contribution in [0.3, 0.4) is 0 Å². The molecule has 1 amide bonds. The third-order valence-electron chi connectivity index (χ3n) is 4.62. The summed E-state index contributed by atoms with van der Waals surface area (Å²) in [6, 6.07) is 18.5. The average molecular weight is 450 g/mol.